The van der Waals surface area contributed by atoms with E-state index in [-0.39, 0.29) is 0 Å². The maximum Gasteiger partial charge on any atom is 0.411 e. The number of amides is 1. The van der Waals surface area contributed by atoms with Gasteiger partial charge in [-0.3, -0.25) is 4.90 Å². The number of aldehydes is 1. The first-order valence-corrected chi connectivity index (χ1v) is 4.75. The standard InChI is InChI=1S/C10H17NO3/c1-9(2,3)14-8(13)11-6-5-10(11,4)7-12/h7H,5-6H2,1-4H3. The van der Waals surface area contributed by atoms with E-state index in [1.807, 2.05) is 20.8 Å². The van der Waals surface area contributed by atoms with Crippen LogP contribution in [0, 0.1) is 0 Å². The first kappa shape index (κ1) is 11.0. The van der Waals surface area contributed by atoms with E-state index in [0.717, 1.165) is 12.7 Å². The van der Waals surface area contributed by atoms with Crippen LogP contribution in [0.4, 0.5) is 4.79 Å². The minimum Gasteiger partial charge on any atom is -0.444 e. The van der Waals surface area contributed by atoms with Gasteiger partial charge in [-0.15, -0.1) is 0 Å². The lowest BCUT2D eigenvalue weighted by molar-refractivity contribution is -0.124. The number of rotatable bonds is 1. The summed E-state index contributed by atoms with van der Waals surface area (Å²) in [5, 5.41) is 0. The SMILES string of the molecule is CC(C)(C)OC(=O)N1CCC1(C)C=O. The van der Waals surface area contributed by atoms with Crippen LogP contribution < -0.4 is 0 Å². The van der Waals surface area contributed by atoms with Crippen LogP contribution >= 0.6 is 0 Å². The predicted octanol–water partition coefficient (Wildman–Crippen LogP) is 1.58. The van der Waals surface area contributed by atoms with E-state index < -0.39 is 17.2 Å². The zero-order valence-corrected chi connectivity index (χ0v) is 9.16. The van der Waals surface area contributed by atoms with E-state index in [1.54, 1.807) is 6.92 Å². The fraction of sp³-hybridized carbons (Fsp3) is 0.800. The molecule has 1 saturated heterocycles. The third-order valence-corrected chi connectivity index (χ3v) is 2.33. The largest absolute Gasteiger partial charge is 0.444 e. The summed E-state index contributed by atoms with van der Waals surface area (Å²) in [5.74, 6) is 0. The lowest BCUT2D eigenvalue weighted by Crippen LogP contribution is -2.62. The van der Waals surface area contributed by atoms with Gasteiger partial charge in [-0.2, -0.15) is 0 Å². The van der Waals surface area contributed by atoms with E-state index in [0.29, 0.717) is 6.54 Å². The molecule has 0 aromatic carbocycles. The zero-order chi connectivity index (χ0) is 11.0. The minimum atomic E-state index is -0.650. The molecule has 1 unspecified atom stereocenters. The molecule has 0 aromatic rings. The molecule has 1 fully saturated rings. The molecular formula is C10H17NO3. The smallest absolute Gasteiger partial charge is 0.411 e. The average Bonchev–Trinajstić information content (AvgIpc) is 1.97. The summed E-state index contributed by atoms with van der Waals surface area (Å²) in [6.45, 7) is 7.77. The highest BCUT2D eigenvalue weighted by Gasteiger charge is 2.45. The first-order valence-electron chi connectivity index (χ1n) is 4.75. The fourth-order valence-corrected chi connectivity index (χ4v) is 1.32. The summed E-state index contributed by atoms with van der Waals surface area (Å²) in [6, 6.07) is 0. The van der Waals surface area contributed by atoms with E-state index >= 15 is 0 Å². The number of nitrogens with zero attached hydrogens (tertiary/aromatic N) is 1. The zero-order valence-electron chi connectivity index (χ0n) is 9.16. The highest BCUT2D eigenvalue weighted by Crippen LogP contribution is 2.29. The van der Waals surface area contributed by atoms with E-state index in [2.05, 4.69) is 0 Å². The molecule has 4 nitrogen and oxygen atoms in total. The van der Waals surface area contributed by atoms with Crippen molar-refractivity contribution in [3.63, 3.8) is 0 Å². The summed E-state index contributed by atoms with van der Waals surface area (Å²) in [5.41, 5.74) is -1.15. The Morgan fingerprint density at radius 1 is 1.50 bits per heavy atom. The average molecular weight is 199 g/mol. The molecule has 1 heterocycles. The number of carbonyl (C=O) groups is 2. The van der Waals surface area contributed by atoms with E-state index in [1.165, 1.54) is 4.90 Å². The van der Waals surface area contributed by atoms with Gasteiger partial charge >= 0.3 is 6.09 Å². The van der Waals surface area contributed by atoms with Crippen LogP contribution in [0.1, 0.15) is 34.1 Å². The van der Waals surface area contributed by atoms with E-state index in [9.17, 15) is 9.59 Å². The van der Waals surface area contributed by atoms with Crippen molar-refractivity contribution in [1.29, 1.82) is 0 Å². The maximum atomic E-state index is 11.6. The quantitative estimate of drug-likeness (QED) is 0.602. The van der Waals surface area contributed by atoms with Gasteiger partial charge in [-0.25, -0.2) is 4.79 Å². The lowest BCUT2D eigenvalue weighted by Gasteiger charge is -2.46. The van der Waals surface area contributed by atoms with Crippen molar-refractivity contribution in [3.8, 4) is 0 Å². The topological polar surface area (TPSA) is 46.6 Å². The molecule has 0 aromatic heterocycles. The molecule has 0 aliphatic carbocycles. The predicted molar refractivity (Wildman–Crippen MR) is 52.0 cm³/mol. The van der Waals surface area contributed by atoms with Gasteiger partial charge in [0.05, 0.1) is 0 Å². The molecule has 0 spiro atoms. The summed E-state index contributed by atoms with van der Waals surface area (Å²) >= 11 is 0. The maximum absolute atomic E-state index is 11.6. The number of hydrogen-bond acceptors (Lipinski definition) is 3. The van der Waals surface area contributed by atoms with Crippen molar-refractivity contribution in [1.82, 2.24) is 4.90 Å². The van der Waals surface area contributed by atoms with Gasteiger partial charge in [0, 0.05) is 6.54 Å². The second-order valence-corrected chi connectivity index (χ2v) is 4.86. The Hall–Kier alpha value is -1.06. The van der Waals surface area contributed by atoms with Crippen LogP contribution in [-0.4, -0.2) is 35.0 Å². The second kappa shape index (κ2) is 3.26. The van der Waals surface area contributed by atoms with Crippen LogP contribution in [0.5, 0.6) is 0 Å². The van der Waals surface area contributed by atoms with Gasteiger partial charge in [0.25, 0.3) is 0 Å². The lowest BCUT2D eigenvalue weighted by atomic mass is 9.89. The Labute approximate surface area is 84.2 Å². The van der Waals surface area contributed by atoms with Gasteiger partial charge in [0.1, 0.15) is 17.4 Å². The molecular weight excluding hydrogens is 182 g/mol. The van der Waals surface area contributed by atoms with Crippen molar-refractivity contribution in [3.05, 3.63) is 0 Å². The van der Waals surface area contributed by atoms with Crippen LogP contribution in [-0.2, 0) is 9.53 Å². The van der Waals surface area contributed by atoms with Crippen molar-refractivity contribution < 1.29 is 14.3 Å². The highest BCUT2D eigenvalue weighted by atomic mass is 16.6. The van der Waals surface area contributed by atoms with Crippen LogP contribution in [0.3, 0.4) is 0 Å². The monoisotopic (exact) mass is 199 g/mol. The molecule has 1 aliphatic heterocycles. The fourth-order valence-electron chi connectivity index (χ4n) is 1.32. The van der Waals surface area contributed by atoms with Gasteiger partial charge in [-0.05, 0) is 34.1 Å². The summed E-state index contributed by atoms with van der Waals surface area (Å²) in [4.78, 5) is 23.8. The van der Waals surface area contributed by atoms with Crippen molar-refractivity contribution in [2.24, 2.45) is 0 Å². The van der Waals surface area contributed by atoms with Crippen LogP contribution in [0.2, 0.25) is 0 Å². The molecule has 1 amide bonds. The van der Waals surface area contributed by atoms with Crippen LogP contribution in [0.25, 0.3) is 0 Å². The third kappa shape index (κ3) is 2.05. The molecule has 14 heavy (non-hydrogen) atoms. The van der Waals surface area contributed by atoms with Crippen molar-refractivity contribution in [2.45, 2.75) is 45.3 Å². The number of hydrogen-bond donors (Lipinski definition) is 0. The molecule has 1 rings (SSSR count). The molecule has 1 aliphatic rings. The Bertz CT molecular complexity index is 257. The Morgan fingerprint density at radius 3 is 2.36 bits per heavy atom. The Morgan fingerprint density at radius 2 is 2.07 bits per heavy atom. The molecule has 4 heteroatoms. The Kier molecular flexibility index (Phi) is 2.56. The highest BCUT2D eigenvalue weighted by molar-refractivity contribution is 5.78. The summed E-state index contributed by atoms with van der Waals surface area (Å²) in [6.07, 6.45) is 1.12. The second-order valence-electron chi connectivity index (χ2n) is 4.86. The van der Waals surface area contributed by atoms with Gasteiger partial charge in [0.2, 0.25) is 0 Å². The first-order chi connectivity index (χ1) is 6.28. The number of carbonyl (C=O) groups excluding carboxylic acids is 2. The molecule has 0 bridgehead atoms. The summed E-state index contributed by atoms with van der Waals surface area (Å²) < 4.78 is 5.17. The van der Waals surface area contributed by atoms with Gasteiger partial charge in [-0.1, -0.05) is 0 Å². The van der Waals surface area contributed by atoms with Gasteiger partial charge in [0.15, 0.2) is 0 Å². The minimum absolute atomic E-state index is 0.404. The van der Waals surface area contributed by atoms with Crippen molar-refractivity contribution in [2.75, 3.05) is 6.54 Å². The van der Waals surface area contributed by atoms with Crippen LogP contribution in [0.15, 0.2) is 0 Å². The molecule has 0 radical (unpaired) electrons. The third-order valence-electron chi connectivity index (χ3n) is 2.33. The van der Waals surface area contributed by atoms with E-state index in [4.69, 9.17) is 4.74 Å². The number of likely N-dealkylation sites (tertiary alicyclic amines) is 1. The van der Waals surface area contributed by atoms with Crippen molar-refractivity contribution >= 4 is 12.4 Å². The molecule has 0 N–H and O–H groups in total. The van der Waals surface area contributed by atoms with Gasteiger partial charge < -0.3 is 9.53 Å². The number of ether oxygens (including phenoxy) is 1. The molecule has 80 valence electrons. The summed E-state index contributed by atoms with van der Waals surface area (Å²) in [7, 11) is 0. The molecule has 0 saturated carbocycles. The molecule has 1 atom stereocenters. The Balaban J connectivity index is 2.59. The normalized spacial score (nSPS) is 26.7.